The summed E-state index contributed by atoms with van der Waals surface area (Å²) in [5.74, 6) is -7.33. The summed E-state index contributed by atoms with van der Waals surface area (Å²) in [6.45, 7) is 0. The molecule has 0 spiro atoms. The van der Waals surface area contributed by atoms with Gasteiger partial charge in [0.1, 0.15) is 0 Å². The van der Waals surface area contributed by atoms with E-state index in [1.807, 2.05) is 12.1 Å². The second kappa shape index (κ2) is 11.5. The van der Waals surface area contributed by atoms with Gasteiger partial charge in [0.25, 0.3) is 5.69 Å². The first-order valence-corrected chi connectivity index (χ1v) is 16.3. The number of ketones is 2. The van der Waals surface area contributed by atoms with E-state index in [0.717, 1.165) is 4.90 Å². The molecule has 0 aromatic heterocycles. The van der Waals surface area contributed by atoms with Crippen molar-refractivity contribution >= 4 is 40.3 Å². The van der Waals surface area contributed by atoms with Crippen LogP contribution in [0.3, 0.4) is 0 Å². The standard InChI is InChI=1S/C40H29FN2O7/c41-32-19-23(11-18-33(32)44)36-27-16-17-28-35(39(48)42(38(28)47)25-12-14-26(15-13-25)43(49)50)30(27)20-31-37(46)29(22-7-3-1-4-8-22)21-34(45)40(31,36)24-9-5-2-6-10-24/h1-16,18-19,21,28,30-31,35-36,44H,17,20H2/t28-,30+,31-,35-,36-,40-/m0/s1. The molecule has 1 N–H and O–H groups in total. The molecule has 50 heavy (non-hydrogen) atoms. The average Bonchev–Trinajstić information content (AvgIpc) is 3.39. The van der Waals surface area contributed by atoms with Gasteiger partial charge in [-0.2, -0.15) is 0 Å². The Balaban J connectivity index is 1.33. The molecule has 4 aromatic carbocycles. The predicted octanol–water partition coefficient (Wildman–Crippen LogP) is 6.47. The van der Waals surface area contributed by atoms with E-state index >= 15 is 4.39 Å². The summed E-state index contributed by atoms with van der Waals surface area (Å²) in [5, 5.41) is 21.4. The smallest absolute Gasteiger partial charge is 0.269 e. The quantitative estimate of drug-likeness (QED) is 0.112. The molecule has 0 unspecified atom stereocenters. The fraction of sp³-hybridized carbons (Fsp3) is 0.200. The van der Waals surface area contributed by atoms with Gasteiger partial charge >= 0.3 is 0 Å². The molecule has 9 nitrogen and oxygen atoms in total. The van der Waals surface area contributed by atoms with Gasteiger partial charge in [-0.25, -0.2) is 4.39 Å². The van der Waals surface area contributed by atoms with E-state index in [1.165, 1.54) is 42.5 Å². The summed E-state index contributed by atoms with van der Waals surface area (Å²) in [7, 11) is 0. The average molecular weight is 669 g/mol. The van der Waals surface area contributed by atoms with Crippen molar-refractivity contribution in [2.45, 2.75) is 24.2 Å². The van der Waals surface area contributed by atoms with E-state index in [4.69, 9.17) is 0 Å². The molecule has 3 aliphatic carbocycles. The highest BCUT2D eigenvalue weighted by molar-refractivity contribution is 6.32. The number of rotatable bonds is 5. The monoisotopic (exact) mass is 668 g/mol. The van der Waals surface area contributed by atoms with Crippen LogP contribution in [-0.4, -0.2) is 33.4 Å². The van der Waals surface area contributed by atoms with Crippen LogP contribution < -0.4 is 4.90 Å². The van der Waals surface area contributed by atoms with Crippen molar-refractivity contribution in [1.82, 2.24) is 0 Å². The SMILES string of the molecule is O=C1C(c2ccccc2)=CC(=O)[C@@]2(c3ccccc3)[C@@H](c3ccc(O)c(F)c3)C3=CC[C@@H]4C(=O)N(c5ccc([N+](=O)[O-])cc5)C(=O)[C@@H]4[C@@H]3C[C@@H]12. The third-order valence-corrected chi connectivity index (χ3v) is 11.0. The van der Waals surface area contributed by atoms with E-state index in [2.05, 4.69) is 0 Å². The van der Waals surface area contributed by atoms with Crippen molar-refractivity contribution in [2.24, 2.45) is 23.7 Å². The number of phenols is 1. The number of benzene rings is 4. The van der Waals surface area contributed by atoms with Gasteiger partial charge in [0, 0.05) is 29.5 Å². The highest BCUT2D eigenvalue weighted by Crippen LogP contribution is 2.63. The second-order valence-corrected chi connectivity index (χ2v) is 13.3. The number of carbonyl (C=O) groups is 4. The van der Waals surface area contributed by atoms with Crippen LogP contribution in [0.15, 0.2) is 121 Å². The van der Waals surface area contributed by atoms with Crippen molar-refractivity contribution in [3.63, 3.8) is 0 Å². The van der Waals surface area contributed by atoms with Gasteiger partial charge in [-0.3, -0.25) is 34.2 Å². The number of phenolic OH excluding ortho intramolecular Hbond substituents is 1. The Morgan fingerprint density at radius 3 is 2.18 bits per heavy atom. The Bertz CT molecular complexity index is 2180. The molecule has 0 bridgehead atoms. The van der Waals surface area contributed by atoms with E-state index in [0.29, 0.717) is 22.3 Å². The highest BCUT2D eigenvalue weighted by atomic mass is 19.1. The molecular formula is C40H29FN2O7. The number of fused-ring (bicyclic) bond motifs is 4. The zero-order valence-corrected chi connectivity index (χ0v) is 26.4. The third kappa shape index (κ3) is 4.44. The molecule has 1 saturated heterocycles. The molecule has 1 heterocycles. The minimum absolute atomic E-state index is 0.0703. The van der Waals surface area contributed by atoms with E-state index in [1.54, 1.807) is 60.7 Å². The lowest BCUT2D eigenvalue weighted by Crippen LogP contribution is -2.58. The summed E-state index contributed by atoms with van der Waals surface area (Å²) >= 11 is 0. The molecule has 248 valence electrons. The van der Waals surface area contributed by atoms with Gasteiger partial charge in [-0.1, -0.05) is 78.4 Å². The van der Waals surface area contributed by atoms with Gasteiger partial charge in [-0.05, 0) is 65.8 Å². The van der Waals surface area contributed by atoms with Crippen molar-refractivity contribution in [3.05, 3.63) is 153 Å². The number of aromatic hydroxyl groups is 1. The van der Waals surface area contributed by atoms with E-state index in [-0.39, 0.29) is 41.4 Å². The fourth-order valence-corrected chi connectivity index (χ4v) is 8.93. The number of amides is 2. The van der Waals surface area contributed by atoms with Crippen LogP contribution in [0.25, 0.3) is 5.57 Å². The summed E-state index contributed by atoms with van der Waals surface area (Å²) in [6, 6.07) is 26.9. The Kier molecular flexibility index (Phi) is 7.22. The zero-order chi connectivity index (χ0) is 34.9. The van der Waals surface area contributed by atoms with Gasteiger partial charge in [-0.15, -0.1) is 0 Å². The first-order chi connectivity index (χ1) is 24.1. The van der Waals surface area contributed by atoms with Crippen LogP contribution in [0.5, 0.6) is 5.75 Å². The molecule has 2 amide bonds. The van der Waals surface area contributed by atoms with Crippen molar-refractivity contribution in [3.8, 4) is 5.75 Å². The number of hydrogen-bond acceptors (Lipinski definition) is 7. The van der Waals surface area contributed by atoms with Gasteiger partial charge in [0.15, 0.2) is 23.1 Å². The Hall–Kier alpha value is -6.03. The van der Waals surface area contributed by atoms with Crippen LogP contribution in [-0.2, 0) is 24.6 Å². The van der Waals surface area contributed by atoms with Gasteiger partial charge in [0.05, 0.1) is 27.9 Å². The van der Waals surface area contributed by atoms with Crippen LogP contribution in [0.4, 0.5) is 15.8 Å². The molecule has 6 atom stereocenters. The lowest BCUT2D eigenvalue weighted by Gasteiger charge is -2.55. The van der Waals surface area contributed by atoms with Crippen LogP contribution >= 0.6 is 0 Å². The van der Waals surface area contributed by atoms with Gasteiger partial charge < -0.3 is 5.11 Å². The molecule has 1 aliphatic heterocycles. The normalized spacial score (nSPS) is 27.2. The molecular weight excluding hydrogens is 639 g/mol. The first kappa shape index (κ1) is 31.3. The number of hydrogen-bond donors (Lipinski definition) is 1. The largest absolute Gasteiger partial charge is 0.505 e. The van der Waals surface area contributed by atoms with Crippen molar-refractivity contribution in [2.75, 3.05) is 4.90 Å². The number of nitro groups is 1. The summed E-state index contributed by atoms with van der Waals surface area (Å²) in [5.41, 5.74) is 0.859. The number of nitro benzene ring substituents is 1. The minimum Gasteiger partial charge on any atom is -0.505 e. The highest BCUT2D eigenvalue weighted by Gasteiger charge is 2.66. The predicted molar refractivity (Wildman–Crippen MR) is 180 cm³/mol. The Labute approximate surface area is 285 Å². The molecule has 2 fully saturated rings. The summed E-state index contributed by atoms with van der Waals surface area (Å²) in [6.07, 6.45) is 3.48. The Morgan fingerprint density at radius 1 is 0.840 bits per heavy atom. The Morgan fingerprint density at radius 2 is 1.52 bits per heavy atom. The molecule has 4 aliphatic rings. The zero-order valence-electron chi connectivity index (χ0n) is 26.4. The molecule has 8 rings (SSSR count). The summed E-state index contributed by atoms with van der Waals surface area (Å²) < 4.78 is 15.2. The molecule has 10 heteroatoms. The lowest BCUT2D eigenvalue weighted by atomic mass is 9.44. The van der Waals surface area contributed by atoms with Crippen molar-refractivity contribution < 1.29 is 33.6 Å². The van der Waals surface area contributed by atoms with Crippen molar-refractivity contribution in [1.29, 1.82) is 0 Å². The van der Waals surface area contributed by atoms with E-state index in [9.17, 15) is 34.4 Å². The minimum atomic E-state index is -1.53. The second-order valence-electron chi connectivity index (χ2n) is 13.3. The maximum Gasteiger partial charge on any atom is 0.269 e. The number of Topliss-reactive ketones (excluding diaryl/α,β-unsaturated/α-hetero) is 1. The number of halogens is 1. The topological polar surface area (TPSA) is 135 Å². The molecule has 1 saturated carbocycles. The summed E-state index contributed by atoms with van der Waals surface area (Å²) in [4.78, 5) is 70.0. The lowest BCUT2D eigenvalue weighted by molar-refractivity contribution is -0.384. The molecule has 4 aromatic rings. The molecule has 0 radical (unpaired) electrons. The van der Waals surface area contributed by atoms with Crippen LogP contribution in [0, 0.1) is 39.6 Å². The number of imide groups is 1. The fourth-order valence-electron chi connectivity index (χ4n) is 8.93. The van der Waals surface area contributed by atoms with Gasteiger partial charge in [0.2, 0.25) is 11.8 Å². The number of nitrogens with zero attached hydrogens (tertiary/aromatic N) is 2. The van der Waals surface area contributed by atoms with E-state index < -0.39 is 63.3 Å². The third-order valence-electron chi connectivity index (χ3n) is 11.0. The number of non-ortho nitro benzene ring substituents is 1. The number of anilines is 1. The number of allylic oxidation sites excluding steroid dienone is 4. The van der Waals surface area contributed by atoms with Crippen LogP contribution in [0.1, 0.15) is 35.4 Å². The maximum atomic E-state index is 15.2. The first-order valence-electron chi connectivity index (χ1n) is 16.3. The van der Waals surface area contributed by atoms with Crippen LogP contribution in [0.2, 0.25) is 0 Å². The number of carbonyl (C=O) groups excluding carboxylic acids is 4. The maximum absolute atomic E-state index is 15.2.